The van der Waals surface area contributed by atoms with Crippen molar-refractivity contribution in [2.75, 3.05) is 89.5 Å². The number of rotatable bonds is 15. The molecule has 3 aromatic heterocycles. The van der Waals surface area contributed by atoms with E-state index in [1.54, 1.807) is 24.8 Å². The van der Waals surface area contributed by atoms with Gasteiger partial charge in [0.1, 0.15) is 38.1 Å². The van der Waals surface area contributed by atoms with E-state index in [1.807, 2.05) is 0 Å². The first-order chi connectivity index (χ1) is 44.4. The quantitative estimate of drug-likeness (QED) is 0.0609. The maximum Gasteiger partial charge on any atom is 0.411 e. The number of fused-ring (bicyclic) bond motifs is 7. The molecule has 5 unspecified atom stereocenters. The zero-order valence-electron chi connectivity index (χ0n) is 52.5. The number of amides is 4. The van der Waals surface area contributed by atoms with E-state index in [0.717, 1.165) is 54.3 Å². The number of hydrogen-bond donors (Lipinski definition) is 2. The lowest BCUT2D eigenvalue weighted by Gasteiger charge is -2.42. The van der Waals surface area contributed by atoms with E-state index in [4.69, 9.17) is 33.9 Å². The molecule has 3 aromatic carbocycles. The van der Waals surface area contributed by atoms with Crippen LogP contribution in [0.4, 0.5) is 25.5 Å². The van der Waals surface area contributed by atoms with E-state index in [0.29, 0.717) is 110 Å². The second kappa shape index (κ2) is 24.8. The van der Waals surface area contributed by atoms with Gasteiger partial charge in [0, 0.05) is 97.1 Å². The van der Waals surface area contributed by atoms with Crippen LogP contribution in [0.2, 0.25) is 0 Å². The number of aliphatic hydroxyl groups excluding tert-OH is 1. The molecule has 9 heterocycles. The third-order valence-corrected chi connectivity index (χ3v) is 20.1. The van der Waals surface area contributed by atoms with Gasteiger partial charge in [-0.1, -0.05) is 43.8 Å². The van der Waals surface area contributed by atoms with Gasteiger partial charge < -0.3 is 63.3 Å². The molecule has 0 saturated carbocycles. The van der Waals surface area contributed by atoms with Crippen molar-refractivity contribution in [1.82, 2.24) is 44.4 Å². The molecule has 3 fully saturated rings. The van der Waals surface area contributed by atoms with Crippen LogP contribution in [-0.2, 0) is 66.7 Å². The Morgan fingerprint density at radius 3 is 2.47 bits per heavy atom. The van der Waals surface area contributed by atoms with E-state index < -0.39 is 84.9 Å². The lowest BCUT2D eigenvalue weighted by molar-refractivity contribution is -0.173. The zero-order valence-corrected chi connectivity index (χ0v) is 52.5. The first-order valence-corrected chi connectivity index (χ1v) is 31.8. The molecule has 6 aromatic rings. The summed E-state index contributed by atoms with van der Waals surface area (Å²) in [5.41, 5.74) is 5.28. The highest BCUT2D eigenvalue weighted by Crippen LogP contribution is 2.47. The van der Waals surface area contributed by atoms with Gasteiger partial charge in [-0.25, -0.2) is 23.8 Å². The second-order valence-electron chi connectivity index (χ2n) is 25.4. The van der Waals surface area contributed by atoms with Gasteiger partial charge >= 0.3 is 24.2 Å². The first-order valence-electron chi connectivity index (χ1n) is 31.8. The number of nitriles is 1. The molecule has 1 aliphatic carbocycles. The molecule has 92 heavy (non-hydrogen) atoms. The van der Waals surface area contributed by atoms with Crippen LogP contribution in [0, 0.1) is 31.0 Å². The largest absolute Gasteiger partial charge is 0.462 e. The van der Waals surface area contributed by atoms with Crippen molar-refractivity contribution in [2.45, 2.75) is 128 Å². The van der Waals surface area contributed by atoms with Crippen LogP contribution < -0.4 is 25.4 Å². The Morgan fingerprint density at radius 1 is 0.902 bits per heavy atom. The predicted molar refractivity (Wildman–Crippen MR) is 337 cm³/mol. The van der Waals surface area contributed by atoms with Gasteiger partial charge in [-0.05, 0) is 119 Å². The molecule has 5 atom stereocenters. The third kappa shape index (κ3) is 10.8. The van der Waals surface area contributed by atoms with E-state index >= 15 is 4.39 Å². The van der Waals surface area contributed by atoms with Gasteiger partial charge in [0.25, 0.3) is 11.5 Å². The minimum absolute atomic E-state index is 0.0211. The summed E-state index contributed by atoms with van der Waals surface area (Å²) in [7, 11) is 3.57. The summed E-state index contributed by atoms with van der Waals surface area (Å²) in [6.07, 6.45) is 2.93. The lowest BCUT2D eigenvalue weighted by atomic mass is 9.81. The van der Waals surface area contributed by atoms with Gasteiger partial charge in [0.05, 0.1) is 71.9 Å². The maximum atomic E-state index is 15.5. The Labute approximate surface area is 531 Å². The molecule has 7 aliphatic rings. The summed E-state index contributed by atoms with van der Waals surface area (Å²) in [6, 6.07) is 16.8. The number of nitrogens with one attached hydrogen (secondary N) is 1. The van der Waals surface area contributed by atoms with Crippen molar-refractivity contribution in [2.24, 2.45) is 0 Å². The molecule has 24 heteroatoms. The van der Waals surface area contributed by atoms with Gasteiger partial charge in [-0.15, -0.1) is 0 Å². The van der Waals surface area contributed by atoms with E-state index in [1.165, 1.54) is 43.8 Å². The predicted octanol–water partition coefficient (Wildman–Crippen LogP) is 6.77. The van der Waals surface area contributed by atoms with Crippen molar-refractivity contribution in [3.05, 3.63) is 127 Å². The Kier molecular flexibility index (Phi) is 16.6. The summed E-state index contributed by atoms with van der Waals surface area (Å²) >= 11 is 0. The van der Waals surface area contributed by atoms with Gasteiger partial charge in [-0.3, -0.25) is 14.4 Å². The van der Waals surface area contributed by atoms with Crippen LogP contribution >= 0.6 is 0 Å². The standard InChI is InChI=1S/C68H75FN12O11/c1-7-68(49-28-55-60-47(32-81(55)63(85)48(49)37-89-64(68)86)59-51(71-56(83)34-82)19-18-45-40(4)50(69)29-52(72-60)58(45)59)92-66(87)76(6)30-42-15-11-24-80(42)67(88)91-35-39(3)62(84)79-27-26-78(31-43(79)20-22-70)61-46-21-25-77(54-17-9-14-41-13-8-12-38(2)57(41)54)33-53(46)73-65(74-61)90-36-44-16-10-23-75(44)5/h8-9,12-14,17,28-29,42-44,51,82H,3,7,10-11,15-16,18-21,23-27,30-37H2,1-2,4-6H3,(H,71,83). The van der Waals surface area contributed by atoms with Crippen LogP contribution in [0.1, 0.15) is 108 Å². The Morgan fingerprint density at radius 2 is 1.70 bits per heavy atom. The summed E-state index contributed by atoms with van der Waals surface area (Å²) in [5, 5.41) is 25.8. The molecule has 4 amide bonds. The molecule has 23 nitrogen and oxygen atoms in total. The smallest absolute Gasteiger partial charge is 0.411 e. The van der Waals surface area contributed by atoms with Crippen LogP contribution in [0.5, 0.6) is 6.01 Å². The minimum atomic E-state index is -2.09. The molecular formula is C68H75FN12O11. The van der Waals surface area contributed by atoms with Crippen LogP contribution in [0.25, 0.3) is 33.1 Å². The topological polar surface area (TPSA) is 258 Å². The highest BCUT2D eigenvalue weighted by atomic mass is 19.1. The number of anilines is 2. The normalized spacial score (nSPS) is 21.5. The molecule has 0 radical (unpaired) electrons. The van der Waals surface area contributed by atoms with E-state index in [-0.39, 0.29) is 55.2 Å². The van der Waals surface area contributed by atoms with Crippen molar-refractivity contribution in [3.63, 3.8) is 0 Å². The zero-order chi connectivity index (χ0) is 64.4. The van der Waals surface area contributed by atoms with Crippen molar-refractivity contribution in [1.29, 1.82) is 5.26 Å². The summed E-state index contributed by atoms with van der Waals surface area (Å²) < 4.78 is 41.1. The third-order valence-electron chi connectivity index (χ3n) is 20.1. The number of likely N-dealkylation sites (tertiary alicyclic amines) is 2. The molecule has 13 rings (SSSR count). The van der Waals surface area contributed by atoms with E-state index in [2.05, 4.69) is 83.0 Å². The number of benzene rings is 3. The number of nitrogens with zero attached hydrogens (tertiary/aromatic N) is 11. The molecule has 6 aliphatic heterocycles. The number of halogens is 1. The van der Waals surface area contributed by atoms with Gasteiger partial charge in [0.15, 0.2) is 0 Å². The Hall–Kier alpha value is -9.21. The molecular weight excluding hydrogens is 1180 g/mol. The number of pyridine rings is 2. The van der Waals surface area contributed by atoms with E-state index in [9.17, 15) is 39.1 Å². The molecule has 0 bridgehead atoms. The Bertz CT molecular complexity index is 4170. The number of hydrogen-bond acceptors (Lipinski definition) is 18. The number of esters is 1. The number of carbonyl (C=O) groups excluding carboxylic acids is 5. The average Bonchev–Trinajstić information content (AvgIpc) is 1.48. The lowest BCUT2D eigenvalue weighted by Crippen LogP contribution is -2.56. The Balaban J connectivity index is 0.675. The van der Waals surface area contributed by atoms with Gasteiger partial charge in [-0.2, -0.15) is 15.2 Å². The number of aryl methyl sites for hydroxylation is 2. The number of aromatic nitrogens is 4. The minimum Gasteiger partial charge on any atom is -0.462 e. The van der Waals surface area contributed by atoms with Gasteiger partial charge in [0.2, 0.25) is 11.5 Å². The van der Waals surface area contributed by atoms with Crippen molar-refractivity contribution in [3.8, 4) is 23.5 Å². The summed E-state index contributed by atoms with van der Waals surface area (Å²) in [5.74, 6) is -1.66. The first kappa shape index (κ1) is 61.6. The molecule has 2 N–H and O–H groups in total. The number of cyclic esters (lactones) is 1. The number of likely N-dealkylation sites (N-methyl/N-ethyl adjacent to an activating group) is 2. The number of piperazine rings is 1. The van der Waals surface area contributed by atoms with Crippen LogP contribution in [-0.4, -0.2) is 172 Å². The fourth-order valence-corrected chi connectivity index (χ4v) is 15.1. The molecule has 0 spiro atoms. The molecule has 480 valence electrons. The highest BCUT2D eigenvalue weighted by Gasteiger charge is 2.52. The van der Waals surface area contributed by atoms with Crippen LogP contribution in [0.3, 0.4) is 0 Å². The fourth-order valence-electron chi connectivity index (χ4n) is 15.1. The second-order valence-corrected chi connectivity index (χ2v) is 25.4. The summed E-state index contributed by atoms with van der Waals surface area (Å²) in [4.78, 5) is 110. The number of ether oxygens (including phenoxy) is 4. The van der Waals surface area contributed by atoms with Crippen molar-refractivity contribution >= 4 is 63.2 Å². The average molecular weight is 1260 g/mol. The summed E-state index contributed by atoms with van der Waals surface area (Å²) in [6.45, 7) is 11.9. The SMILES string of the molecule is C=C(COC(=O)N1CCCC1CN(C)C(=O)OC1(CC)C(=O)OCc2c1cc1n(c2=O)Cc2c-1nc1cc(F)c(C)c3c1c2C(NC(=O)CO)CC3)C(=O)N1CCN(c2nc(OCC3CCCN3C)nc3c2CCN(c2cccc4cccc(C)c24)C3)CC1CC#N. The number of aliphatic hydroxyl groups is 1. The number of carbonyl (C=O) groups is 5. The molecule has 3 saturated heterocycles. The fraction of sp³-hybridized carbons (Fsp3) is 0.471. The van der Waals surface area contributed by atoms with Crippen LogP contribution in [0.15, 0.2) is 65.5 Å². The van der Waals surface area contributed by atoms with Crippen molar-refractivity contribution < 1.29 is 52.4 Å². The maximum absolute atomic E-state index is 15.5. The monoisotopic (exact) mass is 1250 g/mol. The highest BCUT2D eigenvalue weighted by molar-refractivity contribution is 5.98.